The maximum absolute atomic E-state index is 12.9. The van der Waals surface area contributed by atoms with E-state index in [-0.39, 0.29) is 29.6 Å². The third kappa shape index (κ3) is 6.43. The van der Waals surface area contributed by atoms with Gasteiger partial charge in [0.25, 0.3) is 0 Å². The van der Waals surface area contributed by atoms with E-state index in [0.717, 1.165) is 11.1 Å². The largest absolute Gasteiger partial charge is 0.358 e. The molecule has 0 spiro atoms. The Morgan fingerprint density at radius 1 is 1.03 bits per heavy atom. The highest BCUT2D eigenvalue weighted by Gasteiger charge is 2.28. The lowest BCUT2D eigenvalue weighted by molar-refractivity contribution is -0.122. The third-order valence-electron chi connectivity index (χ3n) is 5.36. The lowest BCUT2D eigenvalue weighted by atomic mass is 10.0. The molecule has 1 N–H and O–H groups in total. The molecule has 1 aromatic heterocycles. The molecule has 1 amide bonds. The summed E-state index contributed by atoms with van der Waals surface area (Å²) in [4.78, 5) is 30.0. The monoisotopic (exact) mass is 444 g/mol. The highest BCUT2D eigenvalue weighted by Crippen LogP contribution is 2.19. The third-order valence-corrected chi connectivity index (χ3v) is 7.27. The van der Waals surface area contributed by atoms with Crippen molar-refractivity contribution in [1.29, 1.82) is 0 Å². The number of likely N-dealkylation sites (N-methyl/N-ethyl adjacent to an activating group) is 1. The van der Waals surface area contributed by atoms with E-state index < -0.39 is 10.0 Å². The predicted molar refractivity (Wildman–Crippen MR) is 117 cm³/mol. The van der Waals surface area contributed by atoms with E-state index in [1.807, 2.05) is 17.0 Å². The van der Waals surface area contributed by atoms with Gasteiger partial charge in [0.2, 0.25) is 15.9 Å². The van der Waals surface area contributed by atoms with Gasteiger partial charge in [-0.25, -0.2) is 8.42 Å². The number of rotatable bonds is 9. The molecule has 8 nitrogen and oxygen atoms in total. The zero-order valence-corrected chi connectivity index (χ0v) is 18.5. The molecule has 3 rings (SSSR count). The normalized spacial score (nSPS) is 15.5. The molecule has 0 bridgehead atoms. The molecule has 1 saturated heterocycles. The number of aromatic nitrogens is 1. The number of amides is 1. The summed E-state index contributed by atoms with van der Waals surface area (Å²) in [6, 6.07) is 10.3. The van der Waals surface area contributed by atoms with E-state index in [1.165, 1.54) is 4.31 Å². The van der Waals surface area contributed by atoms with Gasteiger partial charge in [0.15, 0.2) is 0 Å². The molecule has 9 heteroatoms. The Bertz CT molecular complexity index is 986. The van der Waals surface area contributed by atoms with Crippen LogP contribution in [0.4, 0.5) is 0 Å². The van der Waals surface area contributed by atoms with E-state index in [2.05, 4.69) is 10.3 Å². The van der Waals surface area contributed by atoms with Crippen molar-refractivity contribution in [2.45, 2.75) is 24.2 Å². The van der Waals surface area contributed by atoms with E-state index in [0.29, 0.717) is 39.0 Å². The summed E-state index contributed by atoms with van der Waals surface area (Å²) < 4.78 is 27.3. The standard InChI is InChI=1S/C22H28N4O4S/c1-23-22(28)17-25-11-13-26(14-12-25)31(29,30)21-8-5-18(6-9-21)15-20(27)7-4-19-3-2-10-24-16-19/h2-3,5-6,8-10,16H,4,7,11-15,17H2,1H3,(H,23,28). The molecule has 1 aromatic carbocycles. The van der Waals surface area contributed by atoms with Crippen LogP contribution >= 0.6 is 0 Å². The molecule has 1 fully saturated rings. The number of carbonyl (C=O) groups excluding carboxylic acids is 2. The van der Waals surface area contributed by atoms with Gasteiger partial charge in [-0.05, 0) is 35.7 Å². The van der Waals surface area contributed by atoms with Gasteiger partial charge in [-0.3, -0.25) is 19.5 Å². The Balaban J connectivity index is 1.53. The Labute approximate surface area is 183 Å². The Hall–Kier alpha value is -2.62. The summed E-state index contributed by atoms with van der Waals surface area (Å²) in [7, 11) is -2.01. The number of hydrogen-bond acceptors (Lipinski definition) is 6. The van der Waals surface area contributed by atoms with Crippen LogP contribution in [0.2, 0.25) is 0 Å². The first-order valence-electron chi connectivity index (χ1n) is 10.3. The molecule has 0 radical (unpaired) electrons. The summed E-state index contributed by atoms with van der Waals surface area (Å²) in [6.07, 6.45) is 4.80. The molecule has 0 saturated carbocycles. The molecular formula is C22H28N4O4S. The van der Waals surface area contributed by atoms with Crippen LogP contribution in [-0.2, 0) is 32.5 Å². The number of carbonyl (C=O) groups is 2. The number of sulfonamides is 1. The number of pyridine rings is 1. The zero-order valence-electron chi connectivity index (χ0n) is 17.7. The van der Waals surface area contributed by atoms with Crippen molar-refractivity contribution in [2.75, 3.05) is 39.8 Å². The summed E-state index contributed by atoms with van der Waals surface area (Å²) >= 11 is 0. The van der Waals surface area contributed by atoms with Crippen molar-refractivity contribution in [2.24, 2.45) is 0 Å². The molecule has 2 aromatic rings. The number of benzene rings is 1. The molecule has 1 aliphatic heterocycles. The number of aryl methyl sites for hydroxylation is 1. The van der Waals surface area contributed by atoms with Gasteiger partial charge in [-0.1, -0.05) is 18.2 Å². The molecule has 166 valence electrons. The first-order valence-corrected chi connectivity index (χ1v) is 11.7. The van der Waals surface area contributed by atoms with Crippen molar-refractivity contribution in [1.82, 2.24) is 19.5 Å². The first-order chi connectivity index (χ1) is 14.9. The van der Waals surface area contributed by atoms with E-state index >= 15 is 0 Å². The minimum atomic E-state index is -3.60. The van der Waals surface area contributed by atoms with Gasteiger partial charge in [0.05, 0.1) is 11.4 Å². The van der Waals surface area contributed by atoms with Gasteiger partial charge in [0.1, 0.15) is 5.78 Å². The fraction of sp³-hybridized carbons (Fsp3) is 0.409. The maximum Gasteiger partial charge on any atom is 0.243 e. The Kier molecular flexibility index (Phi) is 7.89. The predicted octanol–water partition coefficient (Wildman–Crippen LogP) is 0.878. The summed E-state index contributed by atoms with van der Waals surface area (Å²) in [5.41, 5.74) is 1.82. The van der Waals surface area contributed by atoms with Crippen molar-refractivity contribution in [3.8, 4) is 0 Å². The number of piperazine rings is 1. The van der Waals surface area contributed by atoms with Crippen molar-refractivity contribution >= 4 is 21.7 Å². The van der Waals surface area contributed by atoms with Crippen LogP contribution in [0.25, 0.3) is 0 Å². The highest BCUT2D eigenvalue weighted by molar-refractivity contribution is 7.89. The van der Waals surface area contributed by atoms with Crippen molar-refractivity contribution < 1.29 is 18.0 Å². The Morgan fingerprint density at radius 2 is 1.74 bits per heavy atom. The van der Waals surface area contributed by atoms with Crippen LogP contribution in [0.15, 0.2) is 53.7 Å². The molecular weight excluding hydrogens is 416 g/mol. The van der Waals surface area contributed by atoms with Crippen LogP contribution in [0.1, 0.15) is 17.5 Å². The molecule has 0 unspecified atom stereocenters. The van der Waals surface area contributed by atoms with Gasteiger partial charge in [-0.15, -0.1) is 0 Å². The van der Waals surface area contributed by atoms with Gasteiger partial charge in [0, 0.05) is 58.5 Å². The first kappa shape index (κ1) is 23.1. The second-order valence-electron chi connectivity index (χ2n) is 7.57. The van der Waals surface area contributed by atoms with Crippen molar-refractivity contribution in [3.63, 3.8) is 0 Å². The summed E-state index contributed by atoms with van der Waals surface area (Å²) in [6.45, 7) is 1.97. The lowest BCUT2D eigenvalue weighted by Gasteiger charge is -2.33. The number of Topliss-reactive ketones (excluding diaryl/α,β-unsaturated/α-hetero) is 1. The average Bonchev–Trinajstić information content (AvgIpc) is 2.79. The average molecular weight is 445 g/mol. The quantitative estimate of drug-likeness (QED) is 0.616. The molecule has 31 heavy (non-hydrogen) atoms. The van der Waals surface area contributed by atoms with E-state index in [9.17, 15) is 18.0 Å². The fourth-order valence-electron chi connectivity index (χ4n) is 3.48. The van der Waals surface area contributed by atoms with Crippen LogP contribution in [0, 0.1) is 0 Å². The zero-order chi connectivity index (χ0) is 22.3. The smallest absolute Gasteiger partial charge is 0.243 e. The highest BCUT2D eigenvalue weighted by atomic mass is 32.2. The van der Waals surface area contributed by atoms with Crippen molar-refractivity contribution in [3.05, 3.63) is 59.9 Å². The lowest BCUT2D eigenvalue weighted by Crippen LogP contribution is -2.50. The molecule has 1 aliphatic rings. The van der Waals surface area contributed by atoms with E-state index in [1.54, 1.807) is 43.7 Å². The fourth-order valence-corrected chi connectivity index (χ4v) is 4.91. The van der Waals surface area contributed by atoms with Crippen LogP contribution < -0.4 is 5.32 Å². The van der Waals surface area contributed by atoms with Crippen LogP contribution in [0.5, 0.6) is 0 Å². The second-order valence-corrected chi connectivity index (χ2v) is 9.51. The van der Waals surface area contributed by atoms with Crippen LogP contribution in [0.3, 0.4) is 0 Å². The number of hydrogen-bond donors (Lipinski definition) is 1. The van der Waals surface area contributed by atoms with Gasteiger partial charge in [-0.2, -0.15) is 4.31 Å². The minimum absolute atomic E-state index is 0.0816. The molecule has 0 atom stereocenters. The van der Waals surface area contributed by atoms with Crippen LogP contribution in [-0.4, -0.2) is 74.1 Å². The molecule has 0 aliphatic carbocycles. The van der Waals surface area contributed by atoms with Gasteiger partial charge >= 0.3 is 0 Å². The van der Waals surface area contributed by atoms with Gasteiger partial charge < -0.3 is 5.32 Å². The number of ketones is 1. The minimum Gasteiger partial charge on any atom is -0.358 e. The molecule has 2 heterocycles. The SMILES string of the molecule is CNC(=O)CN1CCN(S(=O)(=O)c2ccc(CC(=O)CCc3cccnc3)cc2)CC1. The number of nitrogens with one attached hydrogen (secondary N) is 1. The van der Waals surface area contributed by atoms with E-state index in [4.69, 9.17) is 0 Å². The second kappa shape index (κ2) is 10.6. The number of nitrogens with zero attached hydrogens (tertiary/aromatic N) is 3. The Morgan fingerprint density at radius 3 is 2.35 bits per heavy atom. The maximum atomic E-state index is 12.9. The summed E-state index contributed by atoms with van der Waals surface area (Å²) in [5, 5.41) is 2.58. The topological polar surface area (TPSA) is 99.7 Å². The summed E-state index contributed by atoms with van der Waals surface area (Å²) in [5.74, 6) is 0.0218.